The smallest absolute Gasteiger partial charge is 0.243 e. The molecule has 0 saturated heterocycles. The van der Waals surface area contributed by atoms with Crippen LogP contribution in [0.25, 0.3) is 0 Å². The van der Waals surface area contributed by atoms with Gasteiger partial charge in [-0.05, 0) is 50.8 Å². The molecule has 9 nitrogen and oxygen atoms in total. The van der Waals surface area contributed by atoms with Gasteiger partial charge >= 0.3 is 0 Å². The van der Waals surface area contributed by atoms with E-state index in [1.54, 1.807) is 19.0 Å². The van der Waals surface area contributed by atoms with E-state index in [1.807, 2.05) is 44.2 Å². The first-order valence-electron chi connectivity index (χ1n) is 15.6. The van der Waals surface area contributed by atoms with Crippen molar-refractivity contribution in [1.29, 1.82) is 0 Å². The van der Waals surface area contributed by atoms with Crippen molar-refractivity contribution in [2.24, 2.45) is 17.8 Å². The van der Waals surface area contributed by atoms with E-state index in [9.17, 15) is 28.2 Å². The molecule has 0 unspecified atom stereocenters. The first-order valence-corrected chi connectivity index (χ1v) is 17.4. The van der Waals surface area contributed by atoms with E-state index in [1.165, 1.54) is 0 Å². The second kappa shape index (κ2) is 18.4. The quantitative estimate of drug-likeness (QED) is 0.186. The molecule has 43 heavy (non-hydrogen) atoms. The number of carbonyl (C=O) groups excluding carboxylic acids is 2. The number of sulfone groups is 1. The number of carbonyl (C=O) groups is 2. The maximum atomic E-state index is 13.6. The second-order valence-electron chi connectivity index (χ2n) is 12.8. The highest BCUT2D eigenvalue weighted by molar-refractivity contribution is 7.91. The number of rotatable bonds is 18. The summed E-state index contributed by atoms with van der Waals surface area (Å²) in [5.41, 5.74) is 0.804. The number of hydrogen-bond donors (Lipinski definition) is 4. The maximum Gasteiger partial charge on any atom is 0.243 e. The molecule has 2 rings (SSSR count). The van der Waals surface area contributed by atoms with Crippen molar-refractivity contribution in [3.05, 3.63) is 35.9 Å². The van der Waals surface area contributed by atoms with Crippen LogP contribution in [0.4, 0.5) is 0 Å². The number of amides is 2. The second-order valence-corrected chi connectivity index (χ2v) is 15.0. The predicted octanol–water partition coefficient (Wildman–Crippen LogP) is 2.55. The standard InChI is InChI=1S/C33H53N3O6S/c1-6-13-28(33(40)35-29(22-26-16-11-8-12-17-26)31(38)30(37)20-24(2)3)34-32(39)27(21-25-14-9-7-10-15-25)23-43(41,42)19-18-36(4)5/h1,7,9-10,14-15,24,26-31,37-38H,8,11-13,16-23H2,2-5H3,(H,34,39)(H,35,40)/t27-,28-,29-,30-,31+/m0/s1. The number of benzene rings is 1. The van der Waals surface area contributed by atoms with Gasteiger partial charge in [-0.3, -0.25) is 9.59 Å². The Bertz CT molecular complexity index is 1130. The zero-order valence-corrected chi connectivity index (χ0v) is 27.2. The Kier molecular flexibility index (Phi) is 15.7. The molecule has 1 fully saturated rings. The van der Waals surface area contributed by atoms with Gasteiger partial charge in [0.15, 0.2) is 9.84 Å². The largest absolute Gasteiger partial charge is 0.390 e. The van der Waals surface area contributed by atoms with Crippen LogP contribution in [0.5, 0.6) is 0 Å². The van der Waals surface area contributed by atoms with Gasteiger partial charge < -0.3 is 25.7 Å². The summed E-state index contributed by atoms with van der Waals surface area (Å²) >= 11 is 0. The van der Waals surface area contributed by atoms with Gasteiger partial charge in [-0.25, -0.2) is 8.42 Å². The van der Waals surface area contributed by atoms with Crippen molar-refractivity contribution in [2.75, 3.05) is 32.1 Å². The van der Waals surface area contributed by atoms with Crippen LogP contribution in [0.15, 0.2) is 30.3 Å². The summed E-state index contributed by atoms with van der Waals surface area (Å²) in [7, 11) is -0.0103. The van der Waals surface area contributed by atoms with Crippen molar-refractivity contribution in [1.82, 2.24) is 15.5 Å². The van der Waals surface area contributed by atoms with Crippen LogP contribution < -0.4 is 10.6 Å². The van der Waals surface area contributed by atoms with Crippen LogP contribution in [0, 0.1) is 30.1 Å². The van der Waals surface area contributed by atoms with Crippen molar-refractivity contribution in [3.63, 3.8) is 0 Å². The lowest BCUT2D eigenvalue weighted by Gasteiger charge is -2.33. The molecule has 242 valence electrons. The van der Waals surface area contributed by atoms with E-state index in [2.05, 4.69) is 16.6 Å². The van der Waals surface area contributed by atoms with E-state index in [0.29, 0.717) is 25.3 Å². The Labute approximate surface area is 259 Å². The van der Waals surface area contributed by atoms with Crippen molar-refractivity contribution < 1.29 is 28.2 Å². The topological polar surface area (TPSA) is 136 Å². The van der Waals surface area contributed by atoms with E-state index < -0.39 is 51.9 Å². The van der Waals surface area contributed by atoms with Gasteiger partial charge in [0.1, 0.15) is 12.1 Å². The first kappa shape index (κ1) is 36.7. The number of nitrogens with zero attached hydrogens (tertiary/aromatic N) is 1. The molecule has 1 aromatic rings. The van der Waals surface area contributed by atoms with Gasteiger partial charge in [-0.15, -0.1) is 12.3 Å². The maximum absolute atomic E-state index is 13.6. The third-order valence-corrected chi connectivity index (χ3v) is 9.83. The average molecular weight is 620 g/mol. The fraction of sp³-hybridized carbons (Fsp3) is 0.697. The molecule has 4 N–H and O–H groups in total. The minimum Gasteiger partial charge on any atom is -0.390 e. The van der Waals surface area contributed by atoms with Gasteiger partial charge in [0.25, 0.3) is 0 Å². The van der Waals surface area contributed by atoms with Crippen molar-refractivity contribution in [2.45, 2.75) is 95.9 Å². The highest BCUT2D eigenvalue weighted by atomic mass is 32.2. The third-order valence-electron chi connectivity index (χ3n) is 8.11. The molecule has 0 bridgehead atoms. The molecule has 0 spiro atoms. The Morgan fingerprint density at radius 3 is 2.28 bits per heavy atom. The zero-order valence-electron chi connectivity index (χ0n) is 26.4. The lowest BCUT2D eigenvalue weighted by molar-refractivity contribution is -0.132. The Morgan fingerprint density at radius 1 is 1.05 bits per heavy atom. The van der Waals surface area contributed by atoms with Gasteiger partial charge in [0.05, 0.1) is 29.6 Å². The van der Waals surface area contributed by atoms with Gasteiger partial charge in [0.2, 0.25) is 11.8 Å². The fourth-order valence-electron chi connectivity index (χ4n) is 5.69. The number of hydrogen-bond acceptors (Lipinski definition) is 7. The molecule has 10 heteroatoms. The number of nitrogens with one attached hydrogen (secondary N) is 2. The van der Waals surface area contributed by atoms with Gasteiger partial charge in [-0.1, -0.05) is 76.3 Å². The Hall–Kier alpha value is -2.45. The summed E-state index contributed by atoms with van der Waals surface area (Å²) in [6, 6.07) is 7.32. The van der Waals surface area contributed by atoms with Crippen LogP contribution in [-0.4, -0.2) is 91.8 Å². The normalized spacial score (nSPS) is 17.9. The molecule has 5 atom stereocenters. The van der Waals surface area contributed by atoms with Crippen LogP contribution in [0.2, 0.25) is 0 Å². The van der Waals surface area contributed by atoms with Crippen molar-refractivity contribution >= 4 is 21.7 Å². The van der Waals surface area contributed by atoms with Crippen LogP contribution in [0.1, 0.15) is 70.8 Å². The molecule has 1 aliphatic rings. The molecular weight excluding hydrogens is 566 g/mol. The third kappa shape index (κ3) is 13.8. The van der Waals surface area contributed by atoms with E-state index in [-0.39, 0.29) is 30.3 Å². The monoisotopic (exact) mass is 619 g/mol. The summed E-state index contributed by atoms with van der Waals surface area (Å²) in [5.74, 6) is 0.388. The molecule has 2 amide bonds. The van der Waals surface area contributed by atoms with E-state index in [0.717, 1.165) is 37.7 Å². The molecular formula is C33H53N3O6S. The highest BCUT2D eigenvalue weighted by Gasteiger charge is 2.34. The SMILES string of the molecule is C#CC[C@H](NC(=O)[C@@H](Cc1ccccc1)CS(=O)(=O)CCN(C)C)C(=O)N[C@@H](CC1CCCCC1)[C@@H](O)[C@@H](O)CC(C)C. The van der Waals surface area contributed by atoms with Crippen LogP contribution in [0.3, 0.4) is 0 Å². The molecule has 1 aliphatic carbocycles. The zero-order chi connectivity index (χ0) is 32.0. The highest BCUT2D eigenvalue weighted by Crippen LogP contribution is 2.29. The molecule has 0 aromatic heterocycles. The molecule has 0 heterocycles. The van der Waals surface area contributed by atoms with Gasteiger partial charge in [-0.2, -0.15) is 0 Å². The van der Waals surface area contributed by atoms with E-state index >= 15 is 0 Å². The van der Waals surface area contributed by atoms with Crippen LogP contribution >= 0.6 is 0 Å². The first-order chi connectivity index (χ1) is 20.3. The number of terminal acetylenes is 1. The Morgan fingerprint density at radius 2 is 1.70 bits per heavy atom. The van der Waals surface area contributed by atoms with Crippen LogP contribution in [-0.2, 0) is 25.8 Å². The summed E-state index contributed by atoms with van der Waals surface area (Å²) in [6.45, 7) is 4.24. The van der Waals surface area contributed by atoms with Gasteiger partial charge in [0, 0.05) is 13.0 Å². The minimum absolute atomic E-state index is 0.0910. The Balaban J connectivity index is 2.24. The lowest BCUT2D eigenvalue weighted by atomic mass is 9.82. The van der Waals surface area contributed by atoms with E-state index in [4.69, 9.17) is 6.42 Å². The molecule has 0 radical (unpaired) electrons. The average Bonchev–Trinajstić information content (AvgIpc) is 2.95. The summed E-state index contributed by atoms with van der Waals surface area (Å²) in [5, 5.41) is 27.4. The lowest BCUT2D eigenvalue weighted by Crippen LogP contribution is -2.56. The number of aliphatic hydroxyl groups excluding tert-OH is 2. The minimum atomic E-state index is -3.58. The predicted molar refractivity (Wildman–Crippen MR) is 171 cm³/mol. The molecule has 0 aliphatic heterocycles. The van der Waals surface area contributed by atoms with Crippen molar-refractivity contribution in [3.8, 4) is 12.3 Å². The fourth-order valence-corrected chi connectivity index (χ4v) is 7.39. The molecule has 1 aromatic carbocycles. The summed E-state index contributed by atoms with van der Waals surface area (Å²) in [4.78, 5) is 28.9. The summed E-state index contributed by atoms with van der Waals surface area (Å²) < 4.78 is 25.9. The number of aliphatic hydroxyl groups is 2. The summed E-state index contributed by atoms with van der Waals surface area (Å²) in [6.07, 6.45) is 9.69. The molecule has 1 saturated carbocycles.